The number of aromatic nitrogens is 1. The maximum absolute atomic E-state index is 11.9. The zero-order chi connectivity index (χ0) is 11.6. The molecule has 0 unspecified atom stereocenters. The summed E-state index contributed by atoms with van der Waals surface area (Å²) in [5, 5.41) is 10.5. The number of hydrogen-bond acceptors (Lipinski definition) is 2. The van der Waals surface area contributed by atoms with Crippen LogP contribution in [0.15, 0.2) is 6.20 Å². The molecule has 1 amide bonds. The smallest absolute Gasteiger partial charge is 0.339 e. The number of alkyl halides is 2. The molecule has 0 aliphatic heterocycles. The standard InChI is InChI=1S/C8H8F2N2O3/c1-3-5(8(14)15)4(2-11-3)12-7(13)6(9)10/h2,6,11H,1H3,(H,12,13)(H,14,15). The monoisotopic (exact) mass is 218 g/mol. The fourth-order valence-electron chi connectivity index (χ4n) is 1.09. The van der Waals surface area contributed by atoms with Gasteiger partial charge in [-0.25, -0.2) is 4.79 Å². The Morgan fingerprint density at radius 3 is 2.60 bits per heavy atom. The molecule has 7 heteroatoms. The van der Waals surface area contributed by atoms with Crippen molar-refractivity contribution < 1.29 is 23.5 Å². The zero-order valence-corrected chi connectivity index (χ0v) is 7.67. The average molecular weight is 218 g/mol. The number of hydrogen-bond donors (Lipinski definition) is 3. The van der Waals surface area contributed by atoms with E-state index in [-0.39, 0.29) is 16.9 Å². The fraction of sp³-hybridized carbons (Fsp3) is 0.250. The number of aryl methyl sites for hydroxylation is 1. The van der Waals surface area contributed by atoms with Gasteiger partial charge in [-0.3, -0.25) is 4.79 Å². The number of carbonyl (C=O) groups excluding carboxylic acids is 1. The van der Waals surface area contributed by atoms with E-state index in [2.05, 4.69) is 4.98 Å². The van der Waals surface area contributed by atoms with Gasteiger partial charge < -0.3 is 15.4 Å². The van der Waals surface area contributed by atoms with Gasteiger partial charge in [0.25, 0.3) is 5.91 Å². The van der Waals surface area contributed by atoms with E-state index in [9.17, 15) is 18.4 Å². The van der Waals surface area contributed by atoms with Gasteiger partial charge in [-0.2, -0.15) is 8.78 Å². The highest BCUT2D eigenvalue weighted by atomic mass is 19.3. The number of aromatic carboxylic acids is 1. The Morgan fingerprint density at radius 1 is 1.53 bits per heavy atom. The summed E-state index contributed by atoms with van der Waals surface area (Å²) < 4.78 is 23.8. The first kappa shape index (κ1) is 11.2. The molecule has 0 radical (unpaired) electrons. The van der Waals surface area contributed by atoms with E-state index in [1.807, 2.05) is 5.32 Å². The van der Waals surface area contributed by atoms with Crippen LogP contribution in [0.5, 0.6) is 0 Å². The molecule has 0 saturated carbocycles. The molecule has 1 heterocycles. The summed E-state index contributed by atoms with van der Waals surface area (Å²) in [5.41, 5.74) is -0.0960. The Balaban J connectivity index is 2.96. The van der Waals surface area contributed by atoms with Crippen LogP contribution in [0.1, 0.15) is 16.1 Å². The van der Waals surface area contributed by atoms with Crippen LogP contribution in [0.2, 0.25) is 0 Å². The lowest BCUT2D eigenvalue weighted by Crippen LogP contribution is -2.21. The van der Waals surface area contributed by atoms with Crippen LogP contribution < -0.4 is 5.32 Å². The van der Waals surface area contributed by atoms with Crippen LogP contribution >= 0.6 is 0 Å². The van der Waals surface area contributed by atoms with Crippen molar-refractivity contribution in [3.63, 3.8) is 0 Å². The number of nitrogens with one attached hydrogen (secondary N) is 2. The molecule has 0 aromatic carbocycles. The van der Waals surface area contributed by atoms with Gasteiger partial charge >= 0.3 is 12.4 Å². The van der Waals surface area contributed by atoms with E-state index in [1.54, 1.807) is 0 Å². The number of aromatic amines is 1. The minimum Gasteiger partial charge on any atom is -0.478 e. The van der Waals surface area contributed by atoms with Crippen molar-refractivity contribution in [2.75, 3.05) is 5.32 Å². The molecule has 82 valence electrons. The van der Waals surface area contributed by atoms with Crippen molar-refractivity contribution in [3.8, 4) is 0 Å². The molecule has 1 aromatic rings. The summed E-state index contributed by atoms with van der Waals surface area (Å²) >= 11 is 0. The van der Waals surface area contributed by atoms with Gasteiger partial charge in [0.05, 0.1) is 5.69 Å². The molecule has 0 bridgehead atoms. The van der Waals surface area contributed by atoms with Crippen LogP contribution in [-0.4, -0.2) is 28.4 Å². The number of amides is 1. The van der Waals surface area contributed by atoms with E-state index < -0.39 is 18.3 Å². The number of halogens is 2. The molecule has 5 nitrogen and oxygen atoms in total. The molecular weight excluding hydrogens is 210 g/mol. The minimum atomic E-state index is -3.18. The Bertz CT molecular complexity index is 401. The molecule has 0 saturated heterocycles. The second-order valence-corrected chi connectivity index (χ2v) is 2.80. The summed E-state index contributed by atoms with van der Waals surface area (Å²) in [7, 11) is 0. The lowest BCUT2D eigenvalue weighted by molar-refractivity contribution is -0.126. The fourth-order valence-corrected chi connectivity index (χ4v) is 1.09. The number of carboxylic acids is 1. The average Bonchev–Trinajstić information content (AvgIpc) is 2.46. The molecule has 0 atom stereocenters. The number of H-pyrrole nitrogens is 1. The first-order valence-corrected chi connectivity index (χ1v) is 3.93. The van der Waals surface area contributed by atoms with Crippen LogP contribution in [0.4, 0.5) is 14.5 Å². The number of anilines is 1. The molecular formula is C8H8F2N2O3. The van der Waals surface area contributed by atoms with Crippen molar-refractivity contribution in [2.24, 2.45) is 0 Å². The van der Waals surface area contributed by atoms with Crippen molar-refractivity contribution in [1.29, 1.82) is 0 Å². The van der Waals surface area contributed by atoms with Crippen LogP contribution in [0.25, 0.3) is 0 Å². The molecule has 0 fully saturated rings. The van der Waals surface area contributed by atoms with Gasteiger partial charge in [0.2, 0.25) is 0 Å². The highest BCUT2D eigenvalue weighted by molar-refractivity contribution is 6.02. The van der Waals surface area contributed by atoms with Crippen molar-refractivity contribution in [1.82, 2.24) is 4.98 Å². The highest BCUT2D eigenvalue weighted by Crippen LogP contribution is 2.19. The van der Waals surface area contributed by atoms with Gasteiger partial charge in [0.1, 0.15) is 5.56 Å². The van der Waals surface area contributed by atoms with Crippen molar-refractivity contribution in [2.45, 2.75) is 13.3 Å². The quantitative estimate of drug-likeness (QED) is 0.713. The maximum atomic E-state index is 11.9. The molecule has 1 aromatic heterocycles. The SMILES string of the molecule is Cc1[nH]cc(NC(=O)C(F)F)c1C(=O)O. The highest BCUT2D eigenvalue weighted by Gasteiger charge is 2.21. The summed E-state index contributed by atoms with van der Waals surface area (Å²) in [6.07, 6.45) is -2.03. The summed E-state index contributed by atoms with van der Waals surface area (Å²) in [6.45, 7) is 1.46. The van der Waals surface area contributed by atoms with Gasteiger partial charge in [-0.1, -0.05) is 0 Å². The second-order valence-electron chi connectivity index (χ2n) is 2.80. The summed E-state index contributed by atoms with van der Waals surface area (Å²) in [6, 6.07) is 0. The van der Waals surface area contributed by atoms with E-state index in [0.29, 0.717) is 0 Å². The first-order chi connectivity index (χ1) is 6.93. The van der Waals surface area contributed by atoms with Gasteiger partial charge in [0.15, 0.2) is 0 Å². The molecule has 0 aliphatic rings. The second kappa shape index (κ2) is 4.07. The molecule has 0 aliphatic carbocycles. The van der Waals surface area contributed by atoms with Gasteiger partial charge in [-0.05, 0) is 6.92 Å². The number of carboxylic acid groups (broad SMARTS) is 1. The molecule has 0 spiro atoms. The largest absolute Gasteiger partial charge is 0.478 e. The van der Waals surface area contributed by atoms with E-state index >= 15 is 0 Å². The third kappa shape index (κ3) is 2.30. The number of rotatable bonds is 3. The number of carbonyl (C=O) groups is 2. The van der Waals surface area contributed by atoms with Crippen LogP contribution in [0.3, 0.4) is 0 Å². The predicted octanol–water partition coefficient (Wildman–Crippen LogP) is 1.22. The van der Waals surface area contributed by atoms with Crippen LogP contribution in [-0.2, 0) is 4.79 Å². The summed E-state index contributed by atoms with van der Waals surface area (Å²) in [5.74, 6) is -2.82. The van der Waals surface area contributed by atoms with Gasteiger partial charge in [0, 0.05) is 11.9 Å². The van der Waals surface area contributed by atoms with E-state index in [0.717, 1.165) is 6.20 Å². The lowest BCUT2D eigenvalue weighted by atomic mass is 10.2. The predicted molar refractivity (Wildman–Crippen MR) is 47.1 cm³/mol. The van der Waals surface area contributed by atoms with E-state index in [1.165, 1.54) is 6.92 Å². The topological polar surface area (TPSA) is 82.2 Å². The molecule has 15 heavy (non-hydrogen) atoms. The zero-order valence-electron chi connectivity index (χ0n) is 7.67. The van der Waals surface area contributed by atoms with E-state index in [4.69, 9.17) is 5.11 Å². The third-order valence-corrected chi connectivity index (χ3v) is 1.75. The normalized spacial score (nSPS) is 10.4. The van der Waals surface area contributed by atoms with Crippen molar-refractivity contribution in [3.05, 3.63) is 17.5 Å². The van der Waals surface area contributed by atoms with Crippen molar-refractivity contribution >= 4 is 17.6 Å². The summed E-state index contributed by atoms with van der Waals surface area (Å²) in [4.78, 5) is 23.8. The minimum absolute atomic E-state index is 0.162. The van der Waals surface area contributed by atoms with Gasteiger partial charge in [-0.15, -0.1) is 0 Å². The lowest BCUT2D eigenvalue weighted by Gasteiger charge is -2.03. The Labute approximate surface area is 83.1 Å². The third-order valence-electron chi connectivity index (χ3n) is 1.75. The Hall–Kier alpha value is -1.92. The Morgan fingerprint density at radius 2 is 2.13 bits per heavy atom. The molecule has 3 N–H and O–H groups in total. The Kier molecular flexibility index (Phi) is 3.03. The van der Waals surface area contributed by atoms with Crippen LogP contribution in [0, 0.1) is 6.92 Å². The first-order valence-electron chi connectivity index (χ1n) is 3.93. The maximum Gasteiger partial charge on any atom is 0.339 e. The molecule has 1 rings (SSSR count).